The molecule has 1 aliphatic rings. The highest BCUT2D eigenvalue weighted by atomic mass is 32.2. The van der Waals surface area contributed by atoms with Crippen molar-refractivity contribution in [2.45, 2.75) is 37.1 Å². The molecule has 0 bridgehead atoms. The molecule has 0 spiro atoms. The molecule has 3 aromatic rings. The van der Waals surface area contributed by atoms with Crippen molar-refractivity contribution in [3.63, 3.8) is 0 Å². The summed E-state index contributed by atoms with van der Waals surface area (Å²) in [6.45, 7) is 1.23. The van der Waals surface area contributed by atoms with Crippen molar-refractivity contribution in [2.24, 2.45) is 0 Å². The van der Waals surface area contributed by atoms with Gasteiger partial charge in [-0.1, -0.05) is 36.8 Å². The molecule has 0 fully saturated rings. The van der Waals surface area contributed by atoms with E-state index in [1.165, 1.54) is 12.1 Å². The van der Waals surface area contributed by atoms with Crippen molar-refractivity contribution in [3.8, 4) is 11.4 Å². The van der Waals surface area contributed by atoms with Gasteiger partial charge >= 0.3 is 0 Å². The van der Waals surface area contributed by atoms with Crippen molar-refractivity contribution < 1.29 is 18.1 Å². The first-order valence-electron chi connectivity index (χ1n) is 11.4. The van der Waals surface area contributed by atoms with Crippen LogP contribution in [-0.4, -0.2) is 48.1 Å². The molecule has 10 nitrogen and oxygen atoms in total. The van der Waals surface area contributed by atoms with Crippen LogP contribution < -0.4 is 10.6 Å². The number of benzene rings is 2. The Balaban J connectivity index is 1.46. The van der Waals surface area contributed by atoms with Gasteiger partial charge in [-0.2, -0.15) is 0 Å². The number of carbonyl (C=O) groups is 1. The summed E-state index contributed by atoms with van der Waals surface area (Å²) < 4.78 is 25.6. The number of nitro benzene ring substituents is 1. The summed E-state index contributed by atoms with van der Waals surface area (Å²) in [5.41, 5.74) is 2.14. The number of fused-ring (bicyclic) bond motifs is 1. The highest BCUT2D eigenvalue weighted by molar-refractivity contribution is 7.90. The number of sulfone groups is 1. The van der Waals surface area contributed by atoms with Crippen LogP contribution in [0.25, 0.3) is 11.4 Å². The summed E-state index contributed by atoms with van der Waals surface area (Å²) in [6, 6.07) is 13.5. The molecule has 2 heterocycles. The molecule has 184 valence electrons. The average molecular weight is 498 g/mol. The van der Waals surface area contributed by atoms with Gasteiger partial charge in [-0.05, 0) is 31.4 Å². The van der Waals surface area contributed by atoms with Crippen molar-refractivity contribution in [3.05, 3.63) is 70.0 Å². The van der Waals surface area contributed by atoms with Gasteiger partial charge in [0.15, 0.2) is 9.84 Å². The number of hydrogen-bond acceptors (Lipinski definition) is 7. The molecule has 1 aliphatic heterocycles. The number of nitrogens with zero attached hydrogens (tertiary/aromatic N) is 3. The van der Waals surface area contributed by atoms with E-state index in [-0.39, 0.29) is 35.3 Å². The molecule has 4 rings (SSSR count). The standard InChI is InChI=1S/C24H27N5O5S/c1-35(33,34)18-11-12-19(21(16-18)29(31)32)25-13-14-26-24(30)22-20-10-6-3-7-15-28(20)23(27-22)17-8-4-2-5-9-17/h2,4-5,8-9,11-12,16,25H,3,6-7,10,13-15H2,1H3,(H,26,30). The van der Waals surface area contributed by atoms with Crippen LogP contribution in [0, 0.1) is 10.1 Å². The number of carbonyl (C=O) groups excluding carboxylic acids is 1. The highest BCUT2D eigenvalue weighted by Crippen LogP contribution is 2.28. The van der Waals surface area contributed by atoms with E-state index >= 15 is 0 Å². The maximum Gasteiger partial charge on any atom is 0.293 e. The van der Waals surface area contributed by atoms with Gasteiger partial charge in [0.05, 0.1) is 15.5 Å². The second kappa shape index (κ2) is 10.3. The van der Waals surface area contributed by atoms with E-state index in [0.29, 0.717) is 5.69 Å². The van der Waals surface area contributed by atoms with Crippen LogP contribution >= 0.6 is 0 Å². The van der Waals surface area contributed by atoms with E-state index in [1.54, 1.807) is 0 Å². The Labute approximate surface area is 203 Å². The van der Waals surface area contributed by atoms with Crippen LogP contribution in [0.15, 0.2) is 53.4 Å². The molecule has 1 aromatic heterocycles. The maximum atomic E-state index is 13.0. The number of nitro groups is 1. The molecule has 0 atom stereocenters. The first kappa shape index (κ1) is 24.4. The smallest absolute Gasteiger partial charge is 0.293 e. The van der Waals surface area contributed by atoms with Crippen molar-refractivity contribution in [2.75, 3.05) is 24.7 Å². The Morgan fingerprint density at radius 3 is 2.60 bits per heavy atom. The molecule has 11 heteroatoms. The summed E-state index contributed by atoms with van der Waals surface area (Å²) >= 11 is 0. The normalized spacial score (nSPS) is 13.5. The lowest BCUT2D eigenvalue weighted by atomic mass is 10.1. The van der Waals surface area contributed by atoms with Crippen LogP contribution in [-0.2, 0) is 22.8 Å². The van der Waals surface area contributed by atoms with E-state index < -0.39 is 14.8 Å². The molecule has 2 N–H and O–H groups in total. The third-order valence-electron chi connectivity index (χ3n) is 5.93. The van der Waals surface area contributed by atoms with Crippen LogP contribution in [0.2, 0.25) is 0 Å². The zero-order valence-electron chi connectivity index (χ0n) is 19.4. The largest absolute Gasteiger partial charge is 0.378 e. The fraction of sp³-hybridized carbons (Fsp3) is 0.333. The molecule has 0 unspecified atom stereocenters. The first-order valence-corrected chi connectivity index (χ1v) is 13.3. The average Bonchev–Trinajstić information content (AvgIpc) is 3.02. The Morgan fingerprint density at radius 1 is 1.11 bits per heavy atom. The predicted molar refractivity (Wildman–Crippen MR) is 132 cm³/mol. The van der Waals surface area contributed by atoms with Crippen LogP contribution in [0.4, 0.5) is 11.4 Å². The van der Waals surface area contributed by atoms with E-state index in [2.05, 4.69) is 15.2 Å². The minimum Gasteiger partial charge on any atom is -0.378 e. The van der Waals surface area contributed by atoms with E-state index in [0.717, 1.165) is 61.6 Å². The Morgan fingerprint density at radius 2 is 1.89 bits per heavy atom. The summed E-state index contributed by atoms with van der Waals surface area (Å²) in [7, 11) is -3.57. The number of aromatic nitrogens is 2. The van der Waals surface area contributed by atoms with Crippen molar-refractivity contribution >= 4 is 27.1 Å². The van der Waals surface area contributed by atoms with Gasteiger partial charge in [-0.15, -0.1) is 0 Å². The van der Waals surface area contributed by atoms with Gasteiger partial charge < -0.3 is 15.2 Å². The first-order chi connectivity index (χ1) is 16.8. The molecule has 1 amide bonds. The third-order valence-corrected chi connectivity index (χ3v) is 7.05. The summed E-state index contributed by atoms with van der Waals surface area (Å²) in [5, 5.41) is 17.2. The molecule has 0 radical (unpaired) electrons. The topological polar surface area (TPSA) is 136 Å². The SMILES string of the molecule is CS(=O)(=O)c1ccc(NCCNC(=O)c2nc(-c3ccccc3)n3c2CCCCC3)c([N+](=O)[O-])c1. The number of amides is 1. The third kappa shape index (κ3) is 5.51. The van der Waals surface area contributed by atoms with E-state index in [9.17, 15) is 23.3 Å². The van der Waals surface area contributed by atoms with E-state index in [1.807, 2.05) is 30.3 Å². The summed E-state index contributed by atoms with van der Waals surface area (Å²) in [4.78, 5) is 28.4. The number of rotatable bonds is 8. The second-order valence-corrected chi connectivity index (χ2v) is 10.5. The van der Waals surface area contributed by atoms with Gasteiger partial charge in [0.25, 0.3) is 11.6 Å². The Bertz CT molecular complexity index is 1350. The Kier molecular flexibility index (Phi) is 7.15. The number of hydrogen-bond donors (Lipinski definition) is 2. The monoisotopic (exact) mass is 497 g/mol. The zero-order chi connectivity index (χ0) is 25.0. The van der Waals surface area contributed by atoms with E-state index in [4.69, 9.17) is 4.98 Å². The zero-order valence-corrected chi connectivity index (χ0v) is 20.2. The second-order valence-electron chi connectivity index (χ2n) is 8.45. The molecule has 0 aliphatic carbocycles. The highest BCUT2D eigenvalue weighted by Gasteiger charge is 2.24. The van der Waals surface area contributed by atoms with Gasteiger partial charge in [-0.3, -0.25) is 14.9 Å². The molecule has 0 saturated carbocycles. The van der Waals surface area contributed by atoms with Crippen LogP contribution in [0.5, 0.6) is 0 Å². The fourth-order valence-corrected chi connectivity index (χ4v) is 4.85. The number of nitrogens with one attached hydrogen (secondary N) is 2. The van der Waals surface area contributed by atoms with Gasteiger partial charge in [-0.25, -0.2) is 13.4 Å². The van der Waals surface area contributed by atoms with Gasteiger partial charge in [0.2, 0.25) is 0 Å². The lowest BCUT2D eigenvalue weighted by Gasteiger charge is -2.10. The summed E-state index contributed by atoms with van der Waals surface area (Å²) in [6.07, 6.45) is 4.89. The van der Waals surface area contributed by atoms with Crippen molar-refractivity contribution in [1.82, 2.24) is 14.9 Å². The maximum absolute atomic E-state index is 13.0. The lowest BCUT2D eigenvalue weighted by Crippen LogP contribution is -2.30. The van der Waals surface area contributed by atoms with Crippen molar-refractivity contribution in [1.29, 1.82) is 0 Å². The Hall–Kier alpha value is -3.73. The lowest BCUT2D eigenvalue weighted by molar-refractivity contribution is -0.384. The molecule has 0 saturated heterocycles. The molecular formula is C24H27N5O5S. The van der Waals surface area contributed by atoms with Crippen LogP contribution in [0.1, 0.15) is 35.4 Å². The quantitative estimate of drug-likeness (QED) is 0.276. The molecule has 35 heavy (non-hydrogen) atoms. The van der Waals surface area contributed by atoms with Crippen LogP contribution in [0.3, 0.4) is 0 Å². The minimum absolute atomic E-state index is 0.127. The fourth-order valence-electron chi connectivity index (χ4n) is 4.21. The van der Waals surface area contributed by atoms with Gasteiger partial charge in [0, 0.05) is 37.5 Å². The number of anilines is 1. The van der Waals surface area contributed by atoms with Gasteiger partial charge in [0.1, 0.15) is 17.2 Å². The molecule has 2 aromatic carbocycles. The summed E-state index contributed by atoms with van der Waals surface area (Å²) in [5.74, 6) is 0.494. The number of imidazole rings is 1. The molecular weight excluding hydrogens is 470 g/mol. The predicted octanol–water partition coefficient (Wildman–Crippen LogP) is 3.43. The minimum atomic E-state index is -3.57.